The van der Waals surface area contributed by atoms with Crippen LogP contribution in [0, 0.1) is 5.41 Å². The summed E-state index contributed by atoms with van der Waals surface area (Å²) >= 11 is 0. The van der Waals surface area contributed by atoms with Gasteiger partial charge in [-0.2, -0.15) is 0 Å². The van der Waals surface area contributed by atoms with Gasteiger partial charge in [-0.15, -0.1) is 0 Å². The van der Waals surface area contributed by atoms with Gasteiger partial charge in [0, 0.05) is 54.4 Å². The molecule has 1 saturated heterocycles. The largest absolute Gasteiger partial charge is 0.488 e. The van der Waals surface area contributed by atoms with Crippen LogP contribution in [0.3, 0.4) is 0 Å². The van der Waals surface area contributed by atoms with Crippen molar-refractivity contribution in [1.29, 1.82) is 0 Å². The highest BCUT2D eigenvalue weighted by Crippen LogP contribution is 2.71. The third kappa shape index (κ3) is 3.37. The van der Waals surface area contributed by atoms with E-state index in [9.17, 15) is 9.50 Å². The van der Waals surface area contributed by atoms with Crippen LogP contribution < -0.4 is 4.74 Å². The molecule has 190 valence electrons. The van der Waals surface area contributed by atoms with Crippen molar-refractivity contribution in [3.63, 3.8) is 0 Å². The van der Waals surface area contributed by atoms with E-state index < -0.39 is 0 Å². The lowest BCUT2D eigenvalue weighted by molar-refractivity contribution is -0.254. The second kappa shape index (κ2) is 8.30. The molecule has 2 N–H and O–H groups in total. The number of para-hydroxylation sites is 1. The molecule has 4 fully saturated rings. The van der Waals surface area contributed by atoms with Crippen LogP contribution in [0.5, 0.6) is 5.75 Å². The van der Waals surface area contributed by atoms with Gasteiger partial charge in [0.25, 0.3) is 0 Å². The number of aliphatic hydroxyl groups excluding tert-OH is 1. The number of nitrogens with one attached hydrogen (secondary N) is 1. The van der Waals surface area contributed by atoms with Gasteiger partial charge in [-0.1, -0.05) is 30.3 Å². The third-order valence-electron chi connectivity index (χ3n) is 9.40. The average Bonchev–Trinajstić information content (AvgIpc) is 3.18. The molecule has 2 atom stereocenters. The van der Waals surface area contributed by atoms with E-state index in [0.29, 0.717) is 19.1 Å². The van der Waals surface area contributed by atoms with Gasteiger partial charge in [0.2, 0.25) is 0 Å². The van der Waals surface area contributed by atoms with Crippen LogP contribution >= 0.6 is 0 Å². The number of hydrogen-bond donors (Lipinski definition) is 2. The molecule has 0 unspecified atom stereocenters. The quantitative estimate of drug-likeness (QED) is 0.475. The molecule has 0 amide bonds. The number of ether oxygens (including phenoxy) is 1. The molecule has 2 bridgehead atoms. The summed E-state index contributed by atoms with van der Waals surface area (Å²) in [5, 5.41) is 11.3. The van der Waals surface area contributed by atoms with Crippen molar-refractivity contribution in [2.24, 2.45) is 5.41 Å². The monoisotopic (exact) mass is 489 g/mol. The number of halogens is 1. The second-order valence-corrected chi connectivity index (χ2v) is 11.9. The number of benzene rings is 2. The molecule has 2 aliphatic heterocycles. The average molecular weight is 490 g/mol. The minimum absolute atomic E-state index is 0.169. The number of H-pyrrole nitrogens is 1. The topological polar surface area (TPSA) is 51.7 Å². The van der Waals surface area contributed by atoms with Crippen molar-refractivity contribution >= 4 is 10.9 Å². The van der Waals surface area contributed by atoms with Crippen molar-refractivity contribution in [3.8, 4) is 5.75 Å². The smallest absolute Gasteiger partial charge is 0.124 e. The number of aromatic nitrogens is 1. The summed E-state index contributed by atoms with van der Waals surface area (Å²) in [4.78, 5) is 8.83. The van der Waals surface area contributed by atoms with Crippen LogP contribution in [-0.4, -0.2) is 70.5 Å². The van der Waals surface area contributed by atoms with Gasteiger partial charge in [-0.25, -0.2) is 0 Å². The molecule has 3 aliphatic carbocycles. The number of rotatable bonds is 8. The molecule has 6 heteroatoms. The van der Waals surface area contributed by atoms with Crippen molar-refractivity contribution in [3.05, 3.63) is 65.4 Å². The minimum Gasteiger partial charge on any atom is -0.488 e. The number of nitrogens with zero attached hydrogens (tertiary/aromatic N) is 2. The number of aromatic amines is 1. The molecule has 0 radical (unpaired) electrons. The Morgan fingerprint density at radius 1 is 1.08 bits per heavy atom. The second-order valence-electron chi connectivity index (χ2n) is 11.9. The number of likely N-dealkylation sites (tertiary alicyclic amines) is 1. The third-order valence-corrected chi connectivity index (χ3v) is 9.40. The van der Waals surface area contributed by atoms with Crippen molar-refractivity contribution in [2.45, 2.75) is 62.8 Å². The molecule has 3 aromatic rings. The van der Waals surface area contributed by atoms with Gasteiger partial charge in [-0.3, -0.25) is 14.2 Å². The van der Waals surface area contributed by atoms with Gasteiger partial charge in [-0.05, 0) is 73.8 Å². The molecule has 1 aromatic heterocycles. The van der Waals surface area contributed by atoms with Crippen LogP contribution in [0.4, 0.5) is 4.39 Å². The molecule has 0 spiro atoms. The Hall–Kier alpha value is -2.41. The fourth-order valence-corrected chi connectivity index (χ4v) is 7.89. The number of hydrogen-bond acceptors (Lipinski definition) is 4. The lowest BCUT2D eigenvalue weighted by atomic mass is 9.38. The van der Waals surface area contributed by atoms with Crippen molar-refractivity contribution < 1.29 is 14.2 Å². The zero-order chi connectivity index (χ0) is 24.5. The summed E-state index contributed by atoms with van der Waals surface area (Å²) in [6.45, 7) is 5.02. The first-order valence-electron chi connectivity index (χ1n) is 13.6. The summed E-state index contributed by atoms with van der Waals surface area (Å²) in [5.41, 5.74) is 5.66. The molecule has 36 heavy (non-hydrogen) atoms. The fourth-order valence-electron chi connectivity index (χ4n) is 7.89. The van der Waals surface area contributed by atoms with Crippen LogP contribution in [0.2, 0.25) is 0 Å². The number of fused-ring (bicyclic) bond motifs is 3. The van der Waals surface area contributed by atoms with E-state index in [2.05, 4.69) is 70.2 Å². The van der Waals surface area contributed by atoms with E-state index in [-0.39, 0.29) is 29.8 Å². The van der Waals surface area contributed by atoms with E-state index in [1.165, 1.54) is 27.7 Å². The Balaban J connectivity index is 1.18. The van der Waals surface area contributed by atoms with E-state index in [1.54, 1.807) is 0 Å². The lowest BCUT2D eigenvalue weighted by Gasteiger charge is -2.76. The molecule has 3 saturated carbocycles. The standard InChI is InChI=1S/C30H36FN3O2/c1-20-13-25-24-5-2-3-6-26(24)32-27(25)28(34(20)30-16-29(17-30,18-30)19-35)21-7-9-22(10-8-21)36-23-14-33(15-23)12-4-11-31/h2-3,5-10,20,23,28,32,35H,4,11-19H2,1H3/t20-,28-,29?,30?/m0/s1. The first-order valence-corrected chi connectivity index (χ1v) is 13.6. The SMILES string of the molecule is C[C@H]1Cc2c([nH]c3ccccc23)[C@H](c2ccc(OC3CN(CCCF)C3)cc2)N1C12CC(CO)(C1)C2. The highest BCUT2D eigenvalue weighted by atomic mass is 19.1. The Morgan fingerprint density at radius 3 is 2.56 bits per heavy atom. The maximum absolute atomic E-state index is 12.4. The van der Waals surface area contributed by atoms with Gasteiger partial charge in [0.15, 0.2) is 0 Å². The van der Waals surface area contributed by atoms with Crippen LogP contribution in [0.1, 0.15) is 55.5 Å². The zero-order valence-corrected chi connectivity index (χ0v) is 21.0. The summed E-state index contributed by atoms with van der Waals surface area (Å²) in [7, 11) is 0. The van der Waals surface area contributed by atoms with Gasteiger partial charge >= 0.3 is 0 Å². The van der Waals surface area contributed by atoms with Crippen LogP contribution in [0.15, 0.2) is 48.5 Å². The summed E-state index contributed by atoms with van der Waals surface area (Å²) in [5.74, 6) is 0.908. The van der Waals surface area contributed by atoms with Crippen LogP contribution in [-0.2, 0) is 6.42 Å². The Kier molecular flexibility index (Phi) is 5.25. The molecule has 8 rings (SSSR count). The number of aliphatic hydroxyl groups is 1. The Labute approximate surface area is 212 Å². The predicted octanol–water partition coefficient (Wildman–Crippen LogP) is 4.84. The van der Waals surface area contributed by atoms with Crippen LogP contribution in [0.25, 0.3) is 10.9 Å². The van der Waals surface area contributed by atoms with Gasteiger partial charge < -0.3 is 14.8 Å². The predicted molar refractivity (Wildman–Crippen MR) is 139 cm³/mol. The Bertz CT molecular complexity index is 1250. The normalized spacial score (nSPS) is 32.0. The van der Waals surface area contributed by atoms with Gasteiger partial charge in [0.1, 0.15) is 11.9 Å². The molecule has 5 aliphatic rings. The van der Waals surface area contributed by atoms with E-state index in [4.69, 9.17) is 4.74 Å². The highest BCUT2D eigenvalue weighted by Gasteiger charge is 2.71. The maximum atomic E-state index is 12.4. The van der Waals surface area contributed by atoms with E-state index in [0.717, 1.165) is 51.1 Å². The fraction of sp³-hybridized carbons (Fsp3) is 0.533. The first-order chi connectivity index (χ1) is 17.5. The van der Waals surface area contributed by atoms with E-state index in [1.807, 2.05) is 0 Å². The van der Waals surface area contributed by atoms with Crippen molar-refractivity contribution in [2.75, 3.05) is 32.9 Å². The molecular formula is C30H36FN3O2. The first kappa shape index (κ1) is 22.8. The zero-order valence-electron chi connectivity index (χ0n) is 21.0. The Morgan fingerprint density at radius 2 is 1.83 bits per heavy atom. The molecule has 3 heterocycles. The summed E-state index contributed by atoms with van der Waals surface area (Å²) in [6.07, 6.45) is 5.16. The lowest BCUT2D eigenvalue weighted by Crippen LogP contribution is -2.77. The molecular weight excluding hydrogens is 453 g/mol. The molecule has 5 nitrogen and oxygen atoms in total. The minimum atomic E-state index is -0.249. The van der Waals surface area contributed by atoms with Gasteiger partial charge in [0.05, 0.1) is 12.7 Å². The molecule has 2 aromatic carbocycles. The maximum Gasteiger partial charge on any atom is 0.124 e. The number of alkyl halides is 1. The summed E-state index contributed by atoms with van der Waals surface area (Å²) in [6, 6.07) is 18.0. The highest BCUT2D eigenvalue weighted by molar-refractivity contribution is 5.85. The van der Waals surface area contributed by atoms with E-state index >= 15 is 0 Å². The van der Waals surface area contributed by atoms with Crippen molar-refractivity contribution in [1.82, 2.24) is 14.8 Å². The summed E-state index contributed by atoms with van der Waals surface area (Å²) < 4.78 is 18.6.